The fourth-order valence-corrected chi connectivity index (χ4v) is 3.22. The number of aromatic nitrogens is 2. The number of rotatable bonds is 7. The van der Waals surface area contributed by atoms with Crippen molar-refractivity contribution < 1.29 is 23.5 Å². The van der Waals surface area contributed by atoms with Crippen LogP contribution in [0.5, 0.6) is 0 Å². The highest BCUT2D eigenvalue weighted by molar-refractivity contribution is 5.96. The van der Waals surface area contributed by atoms with E-state index in [1.165, 1.54) is 18.2 Å². The van der Waals surface area contributed by atoms with E-state index < -0.39 is 24.4 Å². The first-order chi connectivity index (χ1) is 17.5. The highest BCUT2D eigenvalue weighted by atomic mass is 19.1. The number of esters is 1. The van der Waals surface area contributed by atoms with E-state index in [1.54, 1.807) is 53.3 Å². The summed E-state index contributed by atoms with van der Waals surface area (Å²) < 4.78 is 20.0. The molecule has 0 aliphatic rings. The van der Waals surface area contributed by atoms with Crippen molar-refractivity contribution in [3.8, 4) is 16.9 Å². The Morgan fingerprint density at radius 3 is 2.25 bits per heavy atom. The molecular formula is C27H21FN4O4. The molecule has 9 heteroatoms. The number of amides is 2. The van der Waals surface area contributed by atoms with E-state index in [0.29, 0.717) is 22.4 Å². The lowest BCUT2D eigenvalue weighted by Crippen LogP contribution is -2.43. The lowest BCUT2D eigenvalue weighted by atomic mass is 10.1. The van der Waals surface area contributed by atoms with E-state index in [2.05, 4.69) is 16.0 Å². The van der Waals surface area contributed by atoms with Crippen molar-refractivity contribution in [1.82, 2.24) is 20.6 Å². The standard InChI is InChI=1S/C27H21FN4O4/c28-22-14-11-19(12-15-22)26-21(17-32(31-26)23-9-5-2-6-10-23)13-16-25(34)36-18-24(33)29-30-27(35)20-7-3-1-4-8-20/h1-17H,18H2,(H,29,33)(H,30,35)/b16-13+. The van der Waals surface area contributed by atoms with Crippen LogP contribution in [0.1, 0.15) is 15.9 Å². The predicted molar refractivity (Wildman–Crippen MR) is 131 cm³/mol. The van der Waals surface area contributed by atoms with Gasteiger partial charge in [-0.05, 0) is 54.6 Å². The number of nitrogens with zero attached hydrogens (tertiary/aromatic N) is 2. The molecule has 0 unspecified atom stereocenters. The number of hydrazine groups is 1. The van der Waals surface area contributed by atoms with Gasteiger partial charge in [0, 0.05) is 29.0 Å². The number of hydrogen-bond acceptors (Lipinski definition) is 5. The molecule has 0 aliphatic carbocycles. The zero-order chi connectivity index (χ0) is 25.3. The minimum absolute atomic E-state index is 0.366. The van der Waals surface area contributed by atoms with Crippen LogP contribution in [-0.2, 0) is 14.3 Å². The molecule has 0 saturated carbocycles. The maximum Gasteiger partial charge on any atom is 0.331 e. The smallest absolute Gasteiger partial charge is 0.331 e. The van der Waals surface area contributed by atoms with Crippen LogP contribution in [0, 0.1) is 5.82 Å². The fraction of sp³-hybridized carbons (Fsp3) is 0.0370. The molecule has 0 bridgehead atoms. The van der Waals surface area contributed by atoms with E-state index in [1.807, 2.05) is 30.3 Å². The molecule has 8 nitrogen and oxygen atoms in total. The van der Waals surface area contributed by atoms with Gasteiger partial charge in [-0.3, -0.25) is 20.4 Å². The Kier molecular flexibility index (Phi) is 7.62. The molecule has 1 aromatic heterocycles. The van der Waals surface area contributed by atoms with E-state index in [0.717, 1.165) is 11.8 Å². The summed E-state index contributed by atoms with van der Waals surface area (Å²) in [6, 6.07) is 23.5. The van der Waals surface area contributed by atoms with E-state index >= 15 is 0 Å². The van der Waals surface area contributed by atoms with Gasteiger partial charge in [0.05, 0.1) is 11.4 Å². The topological polar surface area (TPSA) is 102 Å². The summed E-state index contributed by atoms with van der Waals surface area (Å²) in [5.74, 6) is -2.35. The van der Waals surface area contributed by atoms with Crippen LogP contribution in [0.3, 0.4) is 0 Å². The third kappa shape index (κ3) is 6.29. The number of nitrogens with one attached hydrogen (secondary N) is 2. The lowest BCUT2D eigenvalue weighted by molar-refractivity contribution is -0.144. The molecule has 0 atom stereocenters. The second-order valence-electron chi connectivity index (χ2n) is 7.53. The predicted octanol–water partition coefficient (Wildman–Crippen LogP) is 3.70. The third-order valence-corrected chi connectivity index (χ3v) is 4.98. The van der Waals surface area contributed by atoms with Gasteiger partial charge >= 0.3 is 5.97 Å². The van der Waals surface area contributed by atoms with Crippen molar-refractivity contribution >= 4 is 23.9 Å². The number of carbonyl (C=O) groups is 3. The summed E-state index contributed by atoms with van der Waals surface area (Å²) in [5, 5.41) is 4.58. The number of hydrogen-bond donors (Lipinski definition) is 2. The molecule has 0 radical (unpaired) electrons. The van der Waals surface area contributed by atoms with Crippen LogP contribution in [0.4, 0.5) is 4.39 Å². The number of halogens is 1. The van der Waals surface area contributed by atoms with Crippen LogP contribution in [0.25, 0.3) is 23.0 Å². The molecular weight excluding hydrogens is 463 g/mol. The Morgan fingerprint density at radius 1 is 0.889 bits per heavy atom. The zero-order valence-corrected chi connectivity index (χ0v) is 18.9. The van der Waals surface area contributed by atoms with Crippen LogP contribution in [0.15, 0.2) is 97.2 Å². The SMILES string of the molecule is O=C(COC(=O)/C=C/c1cn(-c2ccccc2)nc1-c1ccc(F)cc1)NNC(=O)c1ccccc1. The Labute approximate surface area is 206 Å². The highest BCUT2D eigenvalue weighted by Crippen LogP contribution is 2.25. The average molecular weight is 484 g/mol. The van der Waals surface area contributed by atoms with Gasteiger partial charge in [-0.1, -0.05) is 36.4 Å². The second kappa shape index (κ2) is 11.4. The molecule has 2 amide bonds. The first-order valence-corrected chi connectivity index (χ1v) is 10.9. The first kappa shape index (κ1) is 24.1. The minimum atomic E-state index is -0.767. The summed E-state index contributed by atoms with van der Waals surface area (Å²) in [6.07, 6.45) is 4.39. The molecule has 1 heterocycles. The summed E-state index contributed by atoms with van der Waals surface area (Å²) in [6.45, 7) is -0.591. The molecule has 0 spiro atoms. The largest absolute Gasteiger partial charge is 0.452 e. The van der Waals surface area contributed by atoms with Crippen molar-refractivity contribution in [1.29, 1.82) is 0 Å². The van der Waals surface area contributed by atoms with Crippen molar-refractivity contribution in [3.05, 3.63) is 114 Å². The van der Waals surface area contributed by atoms with Gasteiger partial charge in [0.2, 0.25) is 0 Å². The van der Waals surface area contributed by atoms with Gasteiger partial charge in [0.25, 0.3) is 11.8 Å². The molecule has 2 N–H and O–H groups in total. The van der Waals surface area contributed by atoms with Gasteiger partial charge < -0.3 is 4.74 Å². The Morgan fingerprint density at radius 2 is 1.56 bits per heavy atom. The Balaban J connectivity index is 1.39. The van der Waals surface area contributed by atoms with Crippen LogP contribution in [0.2, 0.25) is 0 Å². The maximum absolute atomic E-state index is 13.4. The lowest BCUT2D eigenvalue weighted by Gasteiger charge is -2.07. The number of benzene rings is 3. The molecule has 3 aromatic carbocycles. The first-order valence-electron chi connectivity index (χ1n) is 10.9. The van der Waals surface area contributed by atoms with Crippen molar-refractivity contribution in [3.63, 3.8) is 0 Å². The monoisotopic (exact) mass is 484 g/mol. The zero-order valence-electron chi connectivity index (χ0n) is 18.9. The van der Waals surface area contributed by atoms with E-state index in [4.69, 9.17) is 4.74 Å². The van der Waals surface area contributed by atoms with Gasteiger partial charge in [0.15, 0.2) is 6.61 Å². The van der Waals surface area contributed by atoms with Crippen molar-refractivity contribution in [2.45, 2.75) is 0 Å². The molecule has 36 heavy (non-hydrogen) atoms. The third-order valence-electron chi connectivity index (χ3n) is 4.98. The second-order valence-corrected chi connectivity index (χ2v) is 7.53. The summed E-state index contributed by atoms with van der Waals surface area (Å²) in [7, 11) is 0. The Hall–Kier alpha value is -5.05. The minimum Gasteiger partial charge on any atom is -0.452 e. The number of ether oxygens (including phenoxy) is 1. The van der Waals surface area contributed by atoms with Crippen LogP contribution < -0.4 is 10.9 Å². The van der Waals surface area contributed by atoms with Crippen molar-refractivity contribution in [2.24, 2.45) is 0 Å². The van der Waals surface area contributed by atoms with E-state index in [-0.39, 0.29) is 5.82 Å². The maximum atomic E-state index is 13.4. The summed E-state index contributed by atoms with van der Waals surface area (Å²) in [4.78, 5) is 36.1. The molecule has 0 fully saturated rings. The van der Waals surface area contributed by atoms with Gasteiger partial charge in [-0.25, -0.2) is 13.9 Å². The van der Waals surface area contributed by atoms with Crippen LogP contribution in [-0.4, -0.2) is 34.2 Å². The molecule has 180 valence electrons. The summed E-state index contributed by atoms with van der Waals surface area (Å²) >= 11 is 0. The highest BCUT2D eigenvalue weighted by Gasteiger charge is 2.12. The molecule has 0 aliphatic heterocycles. The van der Waals surface area contributed by atoms with E-state index in [9.17, 15) is 18.8 Å². The average Bonchev–Trinajstić information content (AvgIpc) is 3.35. The fourth-order valence-electron chi connectivity index (χ4n) is 3.22. The Bertz CT molecular complexity index is 1380. The summed E-state index contributed by atoms with van der Waals surface area (Å²) in [5.41, 5.74) is 7.37. The van der Waals surface area contributed by atoms with Crippen molar-refractivity contribution in [2.75, 3.05) is 6.61 Å². The quantitative estimate of drug-likeness (QED) is 0.237. The van der Waals surface area contributed by atoms with Gasteiger partial charge in [0.1, 0.15) is 5.82 Å². The molecule has 0 saturated heterocycles. The molecule has 4 aromatic rings. The normalized spacial score (nSPS) is 10.7. The van der Waals surface area contributed by atoms with Crippen LogP contribution >= 0.6 is 0 Å². The number of carbonyl (C=O) groups excluding carboxylic acids is 3. The van der Waals surface area contributed by atoms with Gasteiger partial charge in [-0.15, -0.1) is 0 Å². The molecule has 4 rings (SSSR count). The number of para-hydroxylation sites is 1. The van der Waals surface area contributed by atoms with Gasteiger partial charge in [-0.2, -0.15) is 5.10 Å².